The van der Waals surface area contributed by atoms with Crippen LogP contribution in [0, 0.1) is 0 Å². The number of anilines is 1. The lowest BCUT2D eigenvalue weighted by Gasteiger charge is -2.19. The normalized spacial score (nSPS) is 12.8. The van der Waals surface area contributed by atoms with Crippen molar-refractivity contribution in [2.24, 2.45) is 0 Å². The van der Waals surface area contributed by atoms with Crippen molar-refractivity contribution < 1.29 is 19.1 Å². The summed E-state index contributed by atoms with van der Waals surface area (Å²) in [5, 5.41) is 7.29. The van der Waals surface area contributed by atoms with Crippen molar-refractivity contribution in [1.29, 1.82) is 0 Å². The molecule has 1 amide bonds. The smallest absolute Gasteiger partial charge is 0.355 e. The zero-order valence-electron chi connectivity index (χ0n) is 21.4. The third-order valence-electron chi connectivity index (χ3n) is 5.71. The predicted octanol–water partition coefficient (Wildman–Crippen LogP) is 4.39. The molecule has 2 aromatic heterocycles. The lowest BCUT2D eigenvalue weighted by atomic mass is 10.0. The summed E-state index contributed by atoms with van der Waals surface area (Å²) in [5.41, 5.74) is 3.03. The molecule has 10 heteroatoms. The van der Waals surface area contributed by atoms with E-state index in [0.717, 1.165) is 34.6 Å². The van der Waals surface area contributed by atoms with Crippen molar-refractivity contribution in [2.45, 2.75) is 64.5 Å². The van der Waals surface area contributed by atoms with Gasteiger partial charge in [-0.15, -0.1) is 0 Å². The summed E-state index contributed by atoms with van der Waals surface area (Å²) in [6, 6.07) is 7.50. The number of hydrogen-bond acceptors (Lipinski definition) is 7. The lowest BCUT2D eigenvalue weighted by Crippen LogP contribution is -2.26. The van der Waals surface area contributed by atoms with Crippen LogP contribution in [0.15, 0.2) is 35.6 Å². The van der Waals surface area contributed by atoms with Crippen LogP contribution in [0.2, 0.25) is 0 Å². The molecule has 1 aromatic carbocycles. The second-order valence-corrected chi connectivity index (χ2v) is 10.6. The van der Waals surface area contributed by atoms with Crippen LogP contribution in [0.4, 0.5) is 5.69 Å². The van der Waals surface area contributed by atoms with Crippen LogP contribution in [0.5, 0.6) is 5.75 Å². The lowest BCUT2D eigenvalue weighted by molar-refractivity contribution is 0.00622. The zero-order valence-corrected chi connectivity index (χ0v) is 22.2. The molecule has 0 radical (unpaired) electrons. The molecule has 0 fully saturated rings. The van der Waals surface area contributed by atoms with Crippen LogP contribution in [0.1, 0.15) is 65.5 Å². The van der Waals surface area contributed by atoms with Gasteiger partial charge in [-0.05, 0) is 57.0 Å². The number of carbonyl (C=O) groups excluding carboxylic acids is 2. The summed E-state index contributed by atoms with van der Waals surface area (Å²) in [6.07, 6.45) is 2.47. The molecule has 3 aromatic rings. The van der Waals surface area contributed by atoms with E-state index in [1.54, 1.807) is 18.9 Å². The quantitative estimate of drug-likeness (QED) is 0.366. The van der Waals surface area contributed by atoms with Gasteiger partial charge >= 0.3 is 5.97 Å². The highest BCUT2D eigenvalue weighted by molar-refractivity contribution is 7.99. The van der Waals surface area contributed by atoms with E-state index in [0.29, 0.717) is 42.0 Å². The van der Waals surface area contributed by atoms with Crippen LogP contribution in [-0.4, -0.2) is 44.9 Å². The maximum atomic E-state index is 13.4. The minimum atomic E-state index is -0.656. The number of methoxy groups -OCH3 is 1. The van der Waals surface area contributed by atoms with Gasteiger partial charge in [0, 0.05) is 29.9 Å². The standard InChI is InChI=1S/C26H33N5O4S/c1-6-19-21(23(32)28-13-17-15-31-11-12-36-25(31)29-17)20(30-22(19)24(33)35-26(2,3)4)14-27-16-7-9-18(34-5)10-8-16/h7-10,15,27,30H,6,11-14H2,1-5H3,(H,28,32). The number of fused-ring (bicyclic) bond motifs is 1. The maximum Gasteiger partial charge on any atom is 0.355 e. The Bertz CT molecular complexity index is 1220. The Morgan fingerprint density at radius 1 is 1.19 bits per heavy atom. The molecular weight excluding hydrogens is 478 g/mol. The number of benzene rings is 1. The summed E-state index contributed by atoms with van der Waals surface area (Å²) in [6.45, 7) is 8.94. The van der Waals surface area contributed by atoms with Crippen LogP contribution >= 0.6 is 11.8 Å². The molecule has 3 heterocycles. The molecular formula is C26H33N5O4S. The Labute approximate surface area is 215 Å². The number of imidazole rings is 1. The number of rotatable bonds is 9. The van der Waals surface area contributed by atoms with E-state index in [4.69, 9.17) is 9.47 Å². The number of thioether (sulfide) groups is 1. The van der Waals surface area contributed by atoms with Crippen LogP contribution in [0.25, 0.3) is 0 Å². The van der Waals surface area contributed by atoms with Crippen molar-refractivity contribution >= 4 is 29.3 Å². The molecule has 1 aliphatic heterocycles. The third-order valence-corrected chi connectivity index (χ3v) is 6.68. The topological polar surface area (TPSA) is 110 Å². The van der Waals surface area contributed by atoms with Crippen molar-refractivity contribution in [3.8, 4) is 5.75 Å². The second kappa shape index (κ2) is 10.7. The fourth-order valence-corrected chi connectivity index (χ4v) is 5.03. The summed E-state index contributed by atoms with van der Waals surface area (Å²) >= 11 is 1.71. The Hall–Kier alpha value is -3.40. The average Bonchev–Trinajstić information content (AvgIpc) is 3.53. The molecule has 0 aliphatic carbocycles. The van der Waals surface area contributed by atoms with Gasteiger partial charge in [-0.1, -0.05) is 18.7 Å². The molecule has 4 rings (SSSR count). The highest BCUT2D eigenvalue weighted by atomic mass is 32.2. The van der Waals surface area contributed by atoms with Gasteiger partial charge in [0.05, 0.1) is 31.5 Å². The number of nitrogens with one attached hydrogen (secondary N) is 3. The molecule has 0 atom stereocenters. The Morgan fingerprint density at radius 2 is 1.94 bits per heavy atom. The van der Waals surface area contributed by atoms with Crippen LogP contribution < -0.4 is 15.4 Å². The monoisotopic (exact) mass is 511 g/mol. The first kappa shape index (κ1) is 25.7. The zero-order chi connectivity index (χ0) is 25.9. The SMILES string of the molecule is CCc1c(C(=O)OC(C)(C)C)[nH]c(CNc2ccc(OC)cc2)c1C(=O)NCc1cn2c(n1)SCC2. The fraction of sp³-hybridized carbons (Fsp3) is 0.423. The van der Waals surface area contributed by atoms with E-state index >= 15 is 0 Å². The minimum Gasteiger partial charge on any atom is -0.497 e. The van der Waals surface area contributed by atoms with Gasteiger partial charge in [-0.3, -0.25) is 4.79 Å². The second-order valence-electron chi connectivity index (χ2n) is 9.51. The van der Waals surface area contributed by atoms with Gasteiger partial charge in [0.15, 0.2) is 5.16 Å². The number of H-pyrrole nitrogens is 1. The first-order valence-electron chi connectivity index (χ1n) is 12.0. The van der Waals surface area contributed by atoms with Crippen molar-refractivity contribution in [2.75, 3.05) is 18.2 Å². The number of aromatic nitrogens is 3. The van der Waals surface area contributed by atoms with E-state index in [9.17, 15) is 9.59 Å². The number of hydrogen-bond donors (Lipinski definition) is 3. The van der Waals surface area contributed by atoms with Crippen molar-refractivity contribution in [3.63, 3.8) is 0 Å². The van der Waals surface area contributed by atoms with E-state index in [1.165, 1.54) is 0 Å². The molecule has 0 bridgehead atoms. The molecule has 0 saturated heterocycles. The van der Waals surface area contributed by atoms with E-state index in [-0.39, 0.29) is 5.91 Å². The Kier molecular flexibility index (Phi) is 7.63. The molecule has 9 nitrogen and oxygen atoms in total. The summed E-state index contributed by atoms with van der Waals surface area (Å²) in [5.74, 6) is 1.04. The predicted molar refractivity (Wildman–Crippen MR) is 140 cm³/mol. The van der Waals surface area contributed by atoms with Gasteiger partial charge < -0.3 is 29.7 Å². The van der Waals surface area contributed by atoms with Gasteiger partial charge in [0.1, 0.15) is 17.0 Å². The number of nitrogens with zero attached hydrogens (tertiary/aromatic N) is 2. The Morgan fingerprint density at radius 3 is 2.58 bits per heavy atom. The molecule has 0 spiro atoms. The average molecular weight is 512 g/mol. The molecule has 0 unspecified atom stereocenters. The fourth-order valence-electron chi connectivity index (χ4n) is 4.06. The number of aromatic amines is 1. The number of ether oxygens (including phenoxy) is 2. The largest absolute Gasteiger partial charge is 0.497 e. The summed E-state index contributed by atoms with van der Waals surface area (Å²) < 4.78 is 12.9. The minimum absolute atomic E-state index is 0.259. The Balaban J connectivity index is 1.58. The molecule has 192 valence electrons. The summed E-state index contributed by atoms with van der Waals surface area (Å²) in [7, 11) is 1.62. The molecule has 0 saturated carbocycles. The summed E-state index contributed by atoms with van der Waals surface area (Å²) in [4.78, 5) is 34.2. The van der Waals surface area contributed by atoms with Crippen molar-refractivity contribution in [3.05, 3.63) is 58.7 Å². The van der Waals surface area contributed by atoms with Crippen LogP contribution in [-0.2, 0) is 30.8 Å². The number of carbonyl (C=O) groups is 2. The van der Waals surface area contributed by atoms with Gasteiger partial charge in [0.2, 0.25) is 0 Å². The number of aryl methyl sites for hydroxylation is 1. The number of esters is 1. The molecule has 3 N–H and O–H groups in total. The highest BCUT2D eigenvalue weighted by Gasteiger charge is 2.28. The maximum absolute atomic E-state index is 13.4. The number of amides is 1. The first-order chi connectivity index (χ1) is 17.2. The first-order valence-corrected chi connectivity index (χ1v) is 13.0. The molecule has 36 heavy (non-hydrogen) atoms. The third kappa shape index (κ3) is 5.87. The van der Waals surface area contributed by atoms with Crippen LogP contribution in [0.3, 0.4) is 0 Å². The van der Waals surface area contributed by atoms with Gasteiger partial charge in [0.25, 0.3) is 5.91 Å². The highest BCUT2D eigenvalue weighted by Crippen LogP contribution is 2.26. The van der Waals surface area contributed by atoms with Gasteiger partial charge in [-0.2, -0.15) is 0 Å². The van der Waals surface area contributed by atoms with E-state index < -0.39 is 11.6 Å². The van der Waals surface area contributed by atoms with Gasteiger partial charge in [-0.25, -0.2) is 9.78 Å². The van der Waals surface area contributed by atoms with Crippen molar-refractivity contribution in [1.82, 2.24) is 19.9 Å². The molecule has 1 aliphatic rings. The van der Waals surface area contributed by atoms with E-state index in [1.807, 2.05) is 58.2 Å². The van der Waals surface area contributed by atoms with E-state index in [2.05, 4.69) is 25.2 Å².